The first-order valence-electron chi connectivity index (χ1n) is 10.0. The zero-order valence-corrected chi connectivity index (χ0v) is 20.4. The molecule has 2 aromatic rings. The van der Waals surface area contributed by atoms with Crippen molar-refractivity contribution < 1.29 is 17.9 Å². The number of halogens is 1. The standard InChI is InChI=1S/C22H27IN2O4S/c1-15(2)20-6-4-5-13-25(20)30(27,28)18-10-8-17(9-11-18)24-22(26)16-7-12-21(29-3)19(23)14-16/h7-12,14-15,20H,4-6,13H2,1-3H3,(H,24,26)/t20-/m0/s1. The number of sulfonamides is 1. The van der Waals surface area contributed by atoms with Crippen LogP contribution in [0.3, 0.4) is 0 Å². The number of amides is 1. The van der Waals surface area contributed by atoms with Gasteiger partial charge in [0.25, 0.3) is 5.91 Å². The van der Waals surface area contributed by atoms with Gasteiger partial charge in [-0.15, -0.1) is 0 Å². The van der Waals surface area contributed by atoms with E-state index in [9.17, 15) is 13.2 Å². The van der Waals surface area contributed by atoms with Crippen molar-refractivity contribution in [1.82, 2.24) is 4.31 Å². The van der Waals surface area contributed by atoms with Gasteiger partial charge in [0.2, 0.25) is 10.0 Å². The molecule has 0 unspecified atom stereocenters. The van der Waals surface area contributed by atoms with E-state index in [2.05, 4.69) is 41.8 Å². The number of hydrogen-bond donors (Lipinski definition) is 1. The maximum atomic E-state index is 13.2. The Morgan fingerprint density at radius 3 is 2.47 bits per heavy atom. The molecule has 0 aromatic heterocycles. The molecule has 0 spiro atoms. The Balaban J connectivity index is 1.75. The smallest absolute Gasteiger partial charge is 0.255 e. The van der Waals surface area contributed by atoms with Gasteiger partial charge in [-0.25, -0.2) is 8.42 Å². The van der Waals surface area contributed by atoms with Gasteiger partial charge in [0.1, 0.15) is 5.75 Å². The van der Waals surface area contributed by atoms with Crippen LogP contribution < -0.4 is 10.1 Å². The molecule has 1 aliphatic rings. The number of hydrogen-bond acceptors (Lipinski definition) is 4. The Kier molecular flexibility index (Phi) is 7.41. The third-order valence-electron chi connectivity index (χ3n) is 5.40. The van der Waals surface area contributed by atoms with Crippen LogP contribution in [0, 0.1) is 9.49 Å². The minimum absolute atomic E-state index is 0.0284. The highest BCUT2D eigenvalue weighted by molar-refractivity contribution is 14.1. The number of piperidine rings is 1. The van der Waals surface area contributed by atoms with E-state index in [0.29, 0.717) is 23.5 Å². The van der Waals surface area contributed by atoms with Crippen LogP contribution in [-0.4, -0.2) is 38.3 Å². The number of anilines is 1. The summed E-state index contributed by atoms with van der Waals surface area (Å²) in [5, 5.41) is 2.82. The van der Waals surface area contributed by atoms with Crippen LogP contribution in [0.1, 0.15) is 43.5 Å². The average Bonchev–Trinajstić information content (AvgIpc) is 2.74. The molecule has 6 nitrogen and oxygen atoms in total. The number of methoxy groups -OCH3 is 1. The molecule has 30 heavy (non-hydrogen) atoms. The SMILES string of the molecule is COc1ccc(C(=O)Nc2ccc(S(=O)(=O)N3CCCC[C@H]3C(C)C)cc2)cc1I. The van der Waals surface area contributed by atoms with Crippen molar-refractivity contribution in [2.45, 2.75) is 44.0 Å². The summed E-state index contributed by atoms with van der Waals surface area (Å²) < 4.78 is 34.1. The number of carbonyl (C=O) groups is 1. The van der Waals surface area contributed by atoms with Gasteiger partial charge in [-0.05, 0) is 83.8 Å². The summed E-state index contributed by atoms with van der Waals surface area (Å²) in [7, 11) is -1.98. The van der Waals surface area contributed by atoms with Crippen molar-refractivity contribution in [2.75, 3.05) is 19.0 Å². The number of nitrogens with zero attached hydrogens (tertiary/aromatic N) is 1. The average molecular weight is 542 g/mol. The van der Waals surface area contributed by atoms with Crippen molar-refractivity contribution in [1.29, 1.82) is 0 Å². The molecule has 1 aliphatic heterocycles. The molecule has 0 aliphatic carbocycles. The molecule has 2 aromatic carbocycles. The molecule has 0 saturated carbocycles. The lowest BCUT2D eigenvalue weighted by Crippen LogP contribution is -2.46. The lowest BCUT2D eigenvalue weighted by molar-refractivity contribution is 0.102. The van der Waals surface area contributed by atoms with E-state index in [-0.39, 0.29) is 22.8 Å². The van der Waals surface area contributed by atoms with Crippen molar-refractivity contribution in [3.63, 3.8) is 0 Å². The largest absolute Gasteiger partial charge is 0.496 e. The van der Waals surface area contributed by atoms with Crippen LogP contribution in [0.4, 0.5) is 5.69 Å². The fourth-order valence-corrected chi connectivity index (χ4v) is 6.31. The third kappa shape index (κ3) is 4.97. The summed E-state index contributed by atoms with van der Waals surface area (Å²) in [5.41, 5.74) is 1.05. The molecule has 1 fully saturated rings. The molecular formula is C22H27IN2O4S. The van der Waals surface area contributed by atoms with E-state index in [1.807, 2.05) is 0 Å². The second kappa shape index (κ2) is 9.65. The maximum absolute atomic E-state index is 13.2. The summed E-state index contributed by atoms with van der Waals surface area (Å²) in [6.07, 6.45) is 2.84. The molecule has 1 saturated heterocycles. The molecular weight excluding hydrogens is 515 g/mol. The van der Waals surface area contributed by atoms with Crippen LogP contribution >= 0.6 is 22.6 Å². The quantitative estimate of drug-likeness (QED) is 0.535. The minimum atomic E-state index is -3.56. The number of ether oxygens (including phenoxy) is 1. The summed E-state index contributed by atoms with van der Waals surface area (Å²) in [4.78, 5) is 12.8. The predicted molar refractivity (Wildman–Crippen MR) is 126 cm³/mol. The first kappa shape index (κ1) is 23.0. The highest BCUT2D eigenvalue weighted by atomic mass is 127. The highest BCUT2D eigenvalue weighted by Crippen LogP contribution is 2.30. The van der Waals surface area contributed by atoms with E-state index in [1.54, 1.807) is 53.9 Å². The zero-order valence-electron chi connectivity index (χ0n) is 17.4. The summed E-state index contributed by atoms with van der Waals surface area (Å²) in [5.74, 6) is 0.715. The summed E-state index contributed by atoms with van der Waals surface area (Å²) in [6.45, 7) is 4.69. The van der Waals surface area contributed by atoms with Crippen LogP contribution in [0.2, 0.25) is 0 Å². The molecule has 1 heterocycles. The van der Waals surface area contributed by atoms with Gasteiger partial charge in [-0.3, -0.25) is 4.79 Å². The van der Waals surface area contributed by atoms with Crippen molar-refractivity contribution in [3.8, 4) is 5.75 Å². The normalized spacial score (nSPS) is 17.7. The van der Waals surface area contributed by atoms with Gasteiger partial charge in [0.15, 0.2) is 0 Å². The molecule has 0 radical (unpaired) electrons. The van der Waals surface area contributed by atoms with Crippen molar-refractivity contribution >= 4 is 44.2 Å². The van der Waals surface area contributed by atoms with Crippen molar-refractivity contribution in [2.24, 2.45) is 5.92 Å². The topological polar surface area (TPSA) is 75.7 Å². The Bertz CT molecular complexity index is 1010. The first-order valence-corrected chi connectivity index (χ1v) is 12.5. The van der Waals surface area contributed by atoms with Crippen molar-refractivity contribution in [3.05, 3.63) is 51.6 Å². The van der Waals surface area contributed by atoms with Gasteiger partial charge in [0.05, 0.1) is 15.6 Å². The van der Waals surface area contributed by atoms with Crippen LogP contribution in [0.25, 0.3) is 0 Å². The lowest BCUT2D eigenvalue weighted by atomic mass is 9.95. The van der Waals surface area contributed by atoms with Gasteiger partial charge < -0.3 is 10.1 Å². The molecule has 1 atom stereocenters. The maximum Gasteiger partial charge on any atom is 0.255 e. The summed E-state index contributed by atoms with van der Waals surface area (Å²) >= 11 is 2.11. The highest BCUT2D eigenvalue weighted by Gasteiger charge is 2.34. The first-order chi connectivity index (χ1) is 14.2. The Hall–Kier alpha value is -1.65. The fraction of sp³-hybridized carbons (Fsp3) is 0.409. The van der Waals surface area contributed by atoms with E-state index in [0.717, 1.165) is 22.8 Å². The molecule has 1 amide bonds. The van der Waals surface area contributed by atoms with Gasteiger partial charge in [-0.2, -0.15) is 4.31 Å². The second-order valence-electron chi connectivity index (χ2n) is 7.75. The molecule has 0 bridgehead atoms. The molecule has 8 heteroatoms. The second-order valence-corrected chi connectivity index (χ2v) is 10.8. The number of rotatable bonds is 6. The molecule has 1 N–H and O–H groups in total. The minimum Gasteiger partial charge on any atom is -0.496 e. The number of benzene rings is 2. The Morgan fingerprint density at radius 1 is 1.17 bits per heavy atom. The van der Waals surface area contributed by atoms with Crippen LogP contribution in [0.15, 0.2) is 47.4 Å². The van der Waals surface area contributed by atoms with Gasteiger partial charge in [0, 0.05) is 23.8 Å². The third-order valence-corrected chi connectivity index (χ3v) is 8.18. The zero-order chi connectivity index (χ0) is 21.9. The number of nitrogens with one attached hydrogen (secondary N) is 1. The Morgan fingerprint density at radius 2 is 1.87 bits per heavy atom. The van der Waals surface area contributed by atoms with E-state index in [4.69, 9.17) is 4.74 Å². The predicted octanol–water partition coefficient (Wildman–Crippen LogP) is 4.75. The monoisotopic (exact) mass is 542 g/mol. The Labute approximate surface area is 192 Å². The lowest BCUT2D eigenvalue weighted by Gasteiger charge is -2.37. The number of carbonyl (C=O) groups excluding carboxylic acids is 1. The van der Waals surface area contributed by atoms with E-state index < -0.39 is 10.0 Å². The van der Waals surface area contributed by atoms with Gasteiger partial charge >= 0.3 is 0 Å². The summed E-state index contributed by atoms with van der Waals surface area (Å²) in [6, 6.07) is 11.6. The molecule has 3 rings (SSSR count). The molecule has 162 valence electrons. The van der Waals surface area contributed by atoms with E-state index in [1.165, 1.54) is 0 Å². The fourth-order valence-electron chi connectivity index (χ4n) is 3.75. The van der Waals surface area contributed by atoms with Gasteiger partial charge in [-0.1, -0.05) is 20.3 Å². The van der Waals surface area contributed by atoms with E-state index >= 15 is 0 Å². The van der Waals surface area contributed by atoms with Crippen LogP contribution in [-0.2, 0) is 10.0 Å². The van der Waals surface area contributed by atoms with Crippen LogP contribution in [0.5, 0.6) is 5.75 Å².